The lowest BCUT2D eigenvalue weighted by molar-refractivity contribution is -0.137. The van der Waals surface area contributed by atoms with Crippen LogP contribution in [-0.2, 0) is 19.1 Å². The van der Waals surface area contributed by atoms with Crippen LogP contribution >= 0.6 is 0 Å². The van der Waals surface area contributed by atoms with Crippen LogP contribution in [0.15, 0.2) is 53.5 Å². The highest BCUT2D eigenvalue weighted by Gasteiger charge is 2.33. The predicted molar refractivity (Wildman–Crippen MR) is 118 cm³/mol. The Morgan fingerprint density at radius 3 is 2.64 bits per heavy atom. The van der Waals surface area contributed by atoms with Crippen LogP contribution in [0.4, 0.5) is 19.0 Å². The summed E-state index contributed by atoms with van der Waals surface area (Å²) in [4.78, 5) is 23.3. The van der Waals surface area contributed by atoms with Crippen molar-refractivity contribution in [3.63, 3.8) is 0 Å². The third-order valence-corrected chi connectivity index (χ3v) is 5.82. The molecule has 0 amide bonds. The molecule has 0 atom stereocenters. The number of alkyl halides is 3. The molecule has 0 N–H and O–H groups in total. The molecule has 0 fully saturated rings. The van der Waals surface area contributed by atoms with E-state index in [1.54, 1.807) is 19.1 Å². The van der Waals surface area contributed by atoms with Crippen LogP contribution in [0.25, 0.3) is 16.8 Å². The van der Waals surface area contributed by atoms with Gasteiger partial charge in [0.1, 0.15) is 0 Å². The SMILES string of the molecule is Cc1cc(=O)n2nc(N3CCc4ncc(-c5ccccc5C(F)(F)F)cc4C3)c(C)cc2n1. The number of halogens is 3. The molecule has 168 valence electrons. The number of benzene rings is 1. The molecule has 0 bridgehead atoms. The van der Waals surface area contributed by atoms with Gasteiger partial charge in [0.2, 0.25) is 0 Å². The first kappa shape index (κ1) is 21.1. The lowest BCUT2D eigenvalue weighted by Gasteiger charge is -2.30. The Balaban J connectivity index is 1.54. The van der Waals surface area contributed by atoms with Crippen molar-refractivity contribution >= 4 is 11.5 Å². The van der Waals surface area contributed by atoms with Gasteiger partial charge < -0.3 is 4.90 Å². The molecule has 0 radical (unpaired) electrons. The summed E-state index contributed by atoms with van der Waals surface area (Å²) in [5.74, 6) is 0.641. The third kappa shape index (κ3) is 3.83. The van der Waals surface area contributed by atoms with Gasteiger partial charge >= 0.3 is 6.18 Å². The van der Waals surface area contributed by atoms with E-state index in [1.807, 2.05) is 17.9 Å². The smallest absolute Gasteiger partial charge is 0.350 e. The third-order valence-electron chi connectivity index (χ3n) is 5.82. The van der Waals surface area contributed by atoms with Crippen molar-refractivity contribution in [2.75, 3.05) is 11.4 Å². The Bertz CT molecular complexity index is 1440. The highest BCUT2D eigenvalue weighted by Crippen LogP contribution is 2.37. The molecule has 5 rings (SSSR count). The summed E-state index contributed by atoms with van der Waals surface area (Å²) in [5, 5.41) is 4.54. The quantitative estimate of drug-likeness (QED) is 0.454. The molecule has 1 aliphatic rings. The second-order valence-electron chi connectivity index (χ2n) is 8.20. The zero-order valence-corrected chi connectivity index (χ0v) is 18.0. The maximum absolute atomic E-state index is 13.5. The molecule has 0 aliphatic carbocycles. The van der Waals surface area contributed by atoms with Crippen molar-refractivity contribution < 1.29 is 13.2 Å². The molecule has 33 heavy (non-hydrogen) atoms. The largest absolute Gasteiger partial charge is 0.417 e. The van der Waals surface area contributed by atoms with Crippen molar-refractivity contribution in [3.05, 3.63) is 87.1 Å². The van der Waals surface area contributed by atoms with Crippen LogP contribution in [0.1, 0.15) is 28.1 Å². The standard InChI is InChI=1S/C24H20F3N5O/c1-14-9-21-29-15(2)10-22(33)32(21)30-23(14)31-8-7-20-17(13-31)11-16(12-28-20)18-5-3-4-6-19(18)24(25,26)27/h3-6,9-12H,7-8,13H2,1-2H3. The van der Waals surface area contributed by atoms with Gasteiger partial charge in [-0.05, 0) is 48.7 Å². The van der Waals surface area contributed by atoms with E-state index in [-0.39, 0.29) is 11.1 Å². The Morgan fingerprint density at radius 1 is 1.06 bits per heavy atom. The zero-order valence-electron chi connectivity index (χ0n) is 18.0. The van der Waals surface area contributed by atoms with Crippen LogP contribution in [0, 0.1) is 13.8 Å². The van der Waals surface area contributed by atoms with Gasteiger partial charge in [-0.25, -0.2) is 4.98 Å². The molecule has 4 heterocycles. The minimum atomic E-state index is -4.45. The van der Waals surface area contributed by atoms with E-state index in [9.17, 15) is 18.0 Å². The monoisotopic (exact) mass is 451 g/mol. The Hall–Kier alpha value is -3.75. The van der Waals surface area contributed by atoms with E-state index < -0.39 is 11.7 Å². The van der Waals surface area contributed by atoms with Crippen molar-refractivity contribution in [2.24, 2.45) is 0 Å². The summed E-state index contributed by atoms with van der Waals surface area (Å²) in [6.45, 7) is 4.72. The summed E-state index contributed by atoms with van der Waals surface area (Å²) in [6.07, 6.45) is -2.33. The van der Waals surface area contributed by atoms with Gasteiger partial charge in [0.05, 0.1) is 5.56 Å². The van der Waals surface area contributed by atoms with Crippen LogP contribution in [0.3, 0.4) is 0 Å². The van der Waals surface area contributed by atoms with Gasteiger partial charge in [-0.3, -0.25) is 9.78 Å². The predicted octanol–water partition coefficient (Wildman–Crippen LogP) is 4.35. The molecule has 0 saturated carbocycles. The molecular weight excluding hydrogens is 431 g/mol. The Kier molecular flexibility index (Phi) is 4.92. The molecule has 3 aromatic heterocycles. The molecule has 0 spiro atoms. The molecule has 9 heteroatoms. The lowest BCUT2D eigenvalue weighted by Crippen LogP contribution is -2.33. The summed E-state index contributed by atoms with van der Waals surface area (Å²) in [6, 6.07) is 10.5. The van der Waals surface area contributed by atoms with Gasteiger partial charge in [0.15, 0.2) is 11.5 Å². The van der Waals surface area contributed by atoms with Gasteiger partial charge in [0, 0.05) is 48.7 Å². The number of pyridine rings is 1. The number of rotatable bonds is 2. The summed E-state index contributed by atoms with van der Waals surface area (Å²) < 4.78 is 41.8. The Labute approximate surface area is 187 Å². The Morgan fingerprint density at radius 2 is 1.85 bits per heavy atom. The van der Waals surface area contributed by atoms with Crippen molar-refractivity contribution in [2.45, 2.75) is 33.0 Å². The fourth-order valence-corrected chi connectivity index (χ4v) is 4.29. The number of anilines is 1. The van der Waals surface area contributed by atoms with E-state index in [4.69, 9.17) is 0 Å². The fourth-order valence-electron chi connectivity index (χ4n) is 4.29. The zero-order chi connectivity index (χ0) is 23.3. The van der Waals surface area contributed by atoms with Crippen LogP contribution in [-0.4, -0.2) is 26.1 Å². The molecule has 4 aromatic rings. The first-order valence-electron chi connectivity index (χ1n) is 10.5. The van der Waals surface area contributed by atoms with E-state index in [1.165, 1.54) is 28.9 Å². The van der Waals surface area contributed by atoms with Crippen molar-refractivity contribution in [3.8, 4) is 11.1 Å². The molecule has 1 aromatic carbocycles. The number of aryl methyl sites for hydroxylation is 2. The van der Waals surface area contributed by atoms with Crippen LogP contribution in [0.2, 0.25) is 0 Å². The topological polar surface area (TPSA) is 63.4 Å². The van der Waals surface area contributed by atoms with Crippen molar-refractivity contribution in [1.29, 1.82) is 0 Å². The van der Waals surface area contributed by atoms with Crippen LogP contribution < -0.4 is 10.5 Å². The number of hydrogen-bond acceptors (Lipinski definition) is 5. The first-order chi connectivity index (χ1) is 15.7. The van der Waals surface area contributed by atoms with Gasteiger partial charge in [0.25, 0.3) is 5.56 Å². The molecule has 0 saturated heterocycles. The normalized spacial score (nSPS) is 13.9. The second kappa shape index (κ2) is 7.68. The first-order valence-corrected chi connectivity index (χ1v) is 10.5. The van der Waals surface area contributed by atoms with Crippen molar-refractivity contribution in [1.82, 2.24) is 19.6 Å². The highest BCUT2D eigenvalue weighted by molar-refractivity contribution is 5.68. The fraction of sp³-hybridized carbons (Fsp3) is 0.250. The number of fused-ring (bicyclic) bond motifs is 2. The maximum atomic E-state index is 13.5. The minimum absolute atomic E-state index is 0.102. The number of hydrogen-bond donors (Lipinski definition) is 0. The molecule has 1 aliphatic heterocycles. The summed E-state index contributed by atoms with van der Waals surface area (Å²) in [5.41, 5.74) is 3.23. The van der Waals surface area contributed by atoms with E-state index >= 15 is 0 Å². The molecule has 6 nitrogen and oxygen atoms in total. The van der Waals surface area contributed by atoms with Gasteiger partial charge in [-0.1, -0.05) is 18.2 Å². The van der Waals surface area contributed by atoms with Gasteiger partial charge in [-0.2, -0.15) is 17.7 Å². The number of aromatic nitrogens is 4. The average Bonchev–Trinajstić information content (AvgIpc) is 2.77. The van der Waals surface area contributed by atoms with E-state index in [0.29, 0.717) is 42.2 Å². The lowest BCUT2D eigenvalue weighted by atomic mass is 9.96. The second-order valence-corrected chi connectivity index (χ2v) is 8.20. The number of nitrogens with zero attached hydrogens (tertiary/aromatic N) is 5. The summed E-state index contributed by atoms with van der Waals surface area (Å²) >= 11 is 0. The molecular formula is C24H20F3N5O. The maximum Gasteiger partial charge on any atom is 0.417 e. The highest BCUT2D eigenvalue weighted by atomic mass is 19.4. The van der Waals surface area contributed by atoms with Gasteiger partial charge in [-0.15, -0.1) is 5.10 Å². The average molecular weight is 451 g/mol. The summed E-state index contributed by atoms with van der Waals surface area (Å²) in [7, 11) is 0. The molecule has 0 unspecified atom stereocenters. The van der Waals surface area contributed by atoms with E-state index in [0.717, 1.165) is 22.9 Å². The minimum Gasteiger partial charge on any atom is -0.350 e. The van der Waals surface area contributed by atoms with E-state index in [2.05, 4.69) is 15.1 Å². The van der Waals surface area contributed by atoms with Crippen LogP contribution in [0.5, 0.6) is 0 Å².